The van der Waals surface area contributed by atoms with Crippen LogP contribution < -0.4 is 10.2 Å². The van der Waals surface area contributed by atoms with E-state index in [2.05, 4.69) is 22.0 Å². The van der Waals surface area contributed by atoms with E-state index in [1.54, 1.807) is 0 Å². The quantitative estimate of drug-likeness (QED) is 0.898. The monoisotopic (exact) mass is 352 g/mol. The molecule has 2 fully saturated rings. The minimum atomic E-state index is 0.0368. The third-order valence-electron chi connectivity index (χ3n) is 5.31. The van der Waals surface area contributed by atoms with E-state index in [4.69, 9.17) is 4.98 Å². The van der Waals surface area contributed by atoms with E-state index in [1.807, 2.05) is 30.3 Å². The molecular formula is C21H28N4O. The number of nitrogens with zero attached hydrogens (tertiary/aromatic N) is 3. The number of pyridine rings is 1. The first-order valence-corrected chi connectivity index (χ1v) is 9.92. The van der Waals surface area contributed by atoms with Crippen LogP contribution in [0.25, 0.3) is 10.9 Å². The Balaban J connectivity index is 1.63. The Labute approximate surface area is 155 Å². The van der Waals surface area contributed by atoms with Gasteiger partial charge in [-0.1, -0.05) is 25.1 Å². The Morgan fingerprint density at radius 1 is 1.19 bits per heavy atom. The lowest BCUT2D eigenvalue weighted by atomic mass is 10.1. The van der Waals surface area contributed by atoms with Gasteiger partial charge in [0.15, 0.2) is 0 Å². The van der Waals surface area contributed by atoms with E-state index in [0.29, 0.717) is 6.04 Å². The second kappa shape index (κ2) is 7.62. The number of carbonyl (C=O) groups excluding carboxylic acids is 1. The molecule has 1 aromatic carbocycles. The molecule has 0 unspecified atom stereocenters. The fourth-order valence-corrected chi connectivity index (χ4v) is 3.74. The van der Waals surface area contributed by atoms with Crippen LogP contribution in [0.3, 0.4) is 0 Å². The number of aromatic nitrogens is 1. The molecule has 4 rings (SSSR count). The molecule has 0 radical (unpaired) electrons. The molecule has 1 N–H and O–H groups in total. The van der Waals surface area contributed by atoms with Crippen LogP contribution in [-0.4, -0.2) is 54.6 Å². The predicted molar refractivity (Wildman–Crippen MR) is 106 cm³/mol. The smallest absolute Gasteiger partial charge is 0.252 e. The molecule has 2 heterocycles. The molecule has 0 spiro atoms. The third kappa shape index (κ3) is 3.83. The number of amides is 1. The third-order valence-corrected chi connectivity index (χ3v) is 5.31. The maximum absolute atomic E-state index is 12.8. The Kier molecular flexibility index (Phi) is 5.07. The van der Waals surface area contributed by atoms with Crippen molar-refractivity contribution in [1.82, 2.24) is 15.2 Å². The van der Waals surface area contributed by atoms with Gasteiger partial charge in [0, 0.05) is 31.1 Å². The Bertz CT molecular complexity index is 787. The number of carbonyl (C=O) groups is 1. The molecule has 0 bridgehead atoms. The highest BCUT2D eigenvalue weighted by molar-refractivity contribution is 6.07. The van der Waals surface area contributed by atoms with E-state index in [0.717, 1.165) is 74.3 Å². The van der Waals surface area contributed by atoms with Gasteiger partial charge in [-0.2, -0.15) is 0 Å². The highest BCUT2D eigenvalue weighted by Crippen LogP contribution is 2.26. The summed E-state index contributed by atoms with van der Waals surface area (Å²) >= 11 is 0. The van der Waals surface area contributed by atoms with Gasteiger partial charge in [-0.3, -0.25) is 4.79 Å². The number of benzene rings is 1. The second-order valence-corrected chi connectivity index (χ2v) is 7.48. The molecule has 26 heavy (non-hydrogen) atoms. The van der Waals surface area contributed by atoms with Crippen molar-refractivity contribution in [3.63, 3.8) is 0 Å². The fraction of sp³-hybridized carbons (Fsp3) is 0.524. The molecule has 1 aromatic heterocycles. The summed E-state index contributed by atoms with van der Waals surface area (Å²) in [5, 5.41) is 4.08. The highest BCUT2D eigenvalue weighted by Gasteiger charge is 2.25. The van der Waals surface area contributed by atoms with Crippen LogP contribution in [0.4, 0.5) is 5.82 Å². The summed E-state index contributed by atoms with van der Waals surface area (Å²) in [6.07, 6.45) is 4.53. The van der Waals surface area contributed by atoms with E-state index >= 15 is 0 Å². The van der Waals surface area contributed by atoms with Gasteiger partial charge in [0.05, 0.1) is 11.1 Å². The SMILES string of the molecule is CCCN1CCCN(c2cc(C(=O)NC3CC3)c3ccccc3n2)CC1. The second-order valence-electron chi connectivity index (χ2n) is 7.48. The highest BCUT2D eigenvalue weighted by atomic mass is 16.1. The van der Waals surface area contributed by atoms with Crippen LogP contribution in [-0.2, 0) is 0 Å². The number of hydrogen-bond acceptors (Lipinski definition) is 4. The number of para-hydroxylation sites is 1. The van der Waals surface area contributed by atoms with Crippen LogP contribution in [0.2, 0.25) is 0 Å². The molecule has 5 heteroatoms. The molecule has 0 atom stereocenters. The zero-order valence-electron chi connectivity index (χ0n) is 15.6. The lowest BCUT2D eigenvalue weighted by molar-refractivity contribution is 0.0952. The van der Waals surface area contributed by atoms with E-state index in [1.165, 1.54) is 6.42 Å². The molecule has 1 amide bonds. The van der Waals surface area contributed by atoms with Gasteiger partial charge in [0.2, 0.25) is 0 Å². The lowest BCUT2D eigenvalue weighted by Crippen LogP contribution is -2.32. The zero-order valence-corrected chi connectivity index (χ0v) is 15.6. The van der Waals surface area contributed by atoms with Gasteiger partial charge in [0.1, 0.15) is 5.82 Å². The van der Waals surface area contributed by atoms with Crippen molar-refractivity contribution in [2.75, 3.05) is 37.6 Å². The van der Waals surface area contributed by atoms with Crippen molar-refractivity contribution in [3.8, 4) is 0 Å². The summed E-state index contributed by atoms with van der Waals surface area (Å²) in [7, 11) is 0. The molecule has 2 aliphatic rings. The molecule has 1 saturated heterocycles. The van der Waals surface area contributed by atoms with Crippen LogP contribution in [0, 0.1) is 0 Å². The largest absolute Gasteiger partial charge is 0.355 e. The van der Waals surface area contributed by atoms with Crippen molar-refractivity contribution in [1.29, 1.82) is 0 Å². The molecule has 2 aromatic rings. The summed E-state index contributed by atoms with van der Waals surface area (Å²) in [4.78, 5) is 22.5. The summed E-state index contributed by atoms with van der Waals surface area (Å²) in [6, 6.07) is 10.3. The number of fused-ring (bicyclic) bond motifs is 1. The van der Waals surface area contributed by atoms with Crippen molar-refractivity contribution in [3.05, 3.63) is 35.9 Å². The van der Waals surface area contributed by atoms with Gasteiger partial charge in [-0.15, -0.1) is 0 Å². The lowest BCUT2D eigenvalue weighted by Gasteiger charge is -2.23. The molecule has 1 aliphatic carbocycles. The maximum atomic E-state index is 12.8. The predicted octanol–water partition coefficient (Wildman–Crippen LogP) is 3.05. The van der Waals surface area contributed by atoms with Gasteiger partial charge < -0.3 is 15.1 Å². The molecule has 5 nitrogen and oxygen atoms in total. The van der Waals surface area contributed by atoms with Crippen molar-refractivity contribution < 1.29 is 4.79 Å². The standard InChI is InChI=1S/C21H28N4O/c1-2-10-24-11-5-12-25(14-13-24)20-15-18(21(26)22-16-8-9-16)17-6-3-4-7-19(17)23-20/h3-4,6-7,15-16H,2,5,8-14H2,1H3,(H,22,26). The van der Waals surface area contributed by atoms with Crippen molar-refractivity contribution in [2.24, 2.45) is 0 Å². The molecule has 1 saturated carbocycles. The number of anilines is 1. The fourth-order valence-electron chi connectivity index (χ4n) is 3.74. The first-order valence-electron chi connectivity index (χ1n) is 9.92. The Morgan fingerprint density at radius 3 is 2.85 bits per heavy atom. The van der Waals surface area contributed by atoms with Crippen LogP contribution >= 0.6 is 0 Å². The first kappa shape index (κ1) is 17.3. The van der Waals surface area contributed by atoms with Gasteiger partial charge in [0.25, 0.3) is 5.91 Å². The van der Waals surface area contributed by atoms with Crippen molar-refractivity contribution in [2.45, 2.75) is 38.6 Å². The summed E-state index contributed by atoms with van der Waals surface area (Å²) < 4.78 is 0. The Hall–Kier alpha value is -2.14. The van der Waals surface area contributed by atoms with Gasteiger partial charge in [-0.25, -0.2) is 4.98 Å². The van der Waals surface area contributed by atoms with Crippen LogP contribution in [0.1, 0.15) is 43.0 Å². The van der Waals surface area contributed by atoms with Crippen LogP contribution in [0.15, 0.2) is 30.3 Å². The van der Waals surface area contributed by atoms with Crippen molar-refractivity contribution >= 4 is 22.6 Å². The molecule has 138 valence electrons. The summed E-state index contributed by atoms with van der Waals surface area (Å²) in [6.45, 7) is 7.56. The van der Waals surface area contributed by atoms with E-state index in [9.17, 15) is 4.79 Å². The minimum Gasteiger partial charge on any atom is -0.355 e. The summed E-state index contributed by atoms with van der Waals surface area (Å²) in [5.74, 6) is 0.970. The van der Waals surface area contributed by atoms with Gasteiger partial charge in [-0.05, 0) is 50.9 Å². The number of nitrogens with one attached hydrogen (secondary N) is 1. The Morgan fingerprint density at radius 2 is 2.04 bits per heavy atom. The normalized spacial score (nSPS) is 18.7. The molecule has 1 aliphatic heterocycles. The average Bonchev–Trinajstić information content (AvgIpc) is 3.48. The number of rotatable bonds is 5. The minimum absolute atomic E-state index is 0.0368. The summed E-state index contributed by atoms with van der Waals surface area (Å²) in [5.41, 5.74) is 1.66. The van der Waals surface area contributed by atoms with Crippen LogP contribution in [0.5, 0.6) is 0 Å². The zero-order chi connectivity index (χ0) is 17.9. The average molecular weight is 352 g/mol. The molecular weight excluding hydrogens is 324 g/mol. The number of hydrogen-bond donors (Lipinski definition) is 1. The van der Waals surface area contributed by atoms with E-state index < -0.39 is 0 Å². The topological polar surface area (TPSA) is 48.5 Å². The van der Waals surface area contributed by atoms with E-state index in [-0.39, 0.29) is 5.91 Å². The van der Waals surface area contributed by atoms with Gasteiger partial charge >= 0.3 is 0 Å². The maximum Gasteiger partial charge on any atom is 0.252 e. The first-order chi connectivity index (χ1) is 12.7.